The second kappa shape index (κ2) is 5.27. The number of nitrogens with zero attached hydrogens (tertiary/aromatic N) is 1. The number of nitrogens with one attached hydrogen (secondary N) is 2. The van der Waals surface area contributed by atoms with Crippen molar-refractivity contribution in [1.29, 1.82) is 0 Å². The molecule has 4 N–H and O–H groups in total. The molecule has 1 aromatic carbocycles. The Kier molecular flexibility index (Phi) is 3.71. The van der Waals surface area contributed by atoms with Gasteiger partial charge in [0.2, 0.25) is 0 Å². The zero-order valence-electron chi connectivity index (χ0n) is 11.1. The van der Waals surface area contributed by atoms with Crippen molar-refractivity contribution >= 4 is 33.9 Å². The van der Waals surface area contributed by atoms with Gasteiger partial charge in [-0.1, -0.05) is 23.5 Å². The molecule has 0 bridgehead atoms. The molecule has 2 rings (SSSR count). The second-order valence-electron chi connectivity index (χ2n) is 4.26. The summed E-state index contributed by atoms with van der Waals surface area (Å²) in [6.45, 7) is 3.93. The maximum atomic E-state index is 12.2. The number of rotatable bonds is 3. The van der Waals surface area contributed by atoms with Crippen LogP contribution in [0.2, 0.25) is 0 Å². The van der Waals surface area contributed by atoms with Crippen molar-refractivity contribution in [2.45, 2.75) is 13.8 Å². The fourth-order valence-electron chi connectivity index (χ4n) is 1.65. The van der Waals surface area contributed by atoms with E-state index in [9.17, 15) is 4.79 Å². The Hall–Kier alpha value is -2.08. The number of aryl methyl sites for hydroxylation is 2. The maximum Gasteiger partial charge on any atom is 0.269 e. The average Bonchev–Trinajstić information content (AvgIpc) is 2.75. The summed E-state index contributed by atoms with van der Waals surface area (Å²) in [5.74, 6) is 0.0161. The van der Waals surface area contributed by atoms with Gasteiger partial charge >= 0.3 is 0 Å². The molecule has 1 heterocycles. The predicted octanol–water partition coefficient (Wildman–Crippen LogP) is 2.64. The van der Waals surface area contributed by atoms with Crippen LogP contribution in [0.4, 0.5) is 16.6 Å². The van der Waals surface area contributed by atoms with Crippen molar-refractivity contribution in [3.05, 3.63) is 34.2 Å². The lowest BCUT2D eigenvalue weighted by Gasteiger charge is -2.08. The standard InChI is InChI=1S/C13H16N4OS/c1-7-4-5-8(2)9(6-7)16-12(18)10-11(14)17-13(15-3)19-10/h4-6H,14H2,1-3H3,(H,15,17)(H,16,18). The van der Waals surface area contributed by atoms with Crippen LogP contribution < -0.4 is 16.4 Å². The van der Waals surface area contributed by atoms with Gasteiger partial charge in [0.1, 0.15) is 10.7 Å². The van der Waals surface area contributed by atoms with Gasteiger partial charge in [-0.2, -0.15) is 0 Å². The Labute approximate surface area is 115 Å². The van der Waals surface area contributed by atoms with Crippen LogP contribution in [-0.4, -0.2) is 17.9 Å². The molecule has 0 saturated carbocycles. The van der Waals surface area contributed by atoms with E-state index in [0.29, 0.717) is 10.0 Å². The zero-order chi connectivity index (χ0) is 14.0. The first kappa shape index (κ1) is 13.4. The van der Waals surface area contributed by atoms with E-state index in [4.69, 9.17) is 5.73 Å². The van der Waals surface area contributed by atoms with Crippen LogP contribution in [0.5, 0.6) is 0 Å². The molecule has 0 fully saturated rings. The number of benzene rings is 1. The van der Waals surface area contributed by atoms with Crippen LogP contribution in [0.25, 0.3) is 0 Å². The van der Waals surface area contributed by atoms with Crippen LogP contribution in [0.1, 0.15) is 20.8 Å². The SMILES string of the molecule is CNc1nc(N)c(C(=O)Nc2cc(C)ccc2C)s1. The van der Waals surface area contributed by atoms with Crippen LogP contribution in [0.15, 0.2) is 18.2 Å². The number of thiazole rings is 1. The van der Waals surface area contributed by atoms with Gasteiger partial charge in [0.05, 0.1) is 0 Å². The van der Waals surface area contributed by atoms with Crippen molar-refractivity contribution in [2.24, 2.45) is 0 Å². The molecule has 1 aromatic heterocycles. The van der Waals surface area contributed by atoms with Crippen LogP contribution in [0.3, 0.4) is 0 Å². The smallest absolute Gasteiger partial charge is 0.269 e. The quantitative estimate of drug-likeness (QED) is 0.805. The molecule has 5 nitrogen and oxygen atoms in total. The fraction of sp³-hybridized carbons (Fsp3) is 0.231. The minimum absolute atomic E-state index is 0.231. The van der Waals surface area contributed by atoms with Gasteiger partial charge in [-0.05, 0) is 31.0 Å². The van der Waals surface area contributed by atoms with E-state index in [-0.39, 0.29) is 11.7 Å². The van der Waals surface area contributed by atoms with E-state index in [0.717, 1.165) is 16.8 Å². The number of amides is 1. The van der Waals surface area contributed by atoms with E-state index in [1.807, 2.05) is 32.0 Å². The number of nitrogen functional groups attached to an aromatic ring is 1. The molecule has 0 aliphatic carbocycles. The highest BCUT2D eigenvalue weighted by Gasteiger charge is 2.16. The average molecular weight is 276 g/mol. The molecule has 2 aromatic rings. The lowest BCUT2D eigenvalue weighted by Crippen LogP contribution is -2.13. The fourth-order valence-corrected chi connectivity index (χ4v) is 2.38. The summed E-state index contributed by atoms with van der Waals surface area (Å²) >= 11 is 1.24. The Balaban J connectivity index is 2.25. The molecule has 0 unspecified atom stereocenters. The summed E-state index contributed by atoms with van der Waals surface area (Å²) in [6, 6.07) is 5.91. The summed E-state index contributed by atoms with van der Waals surface area (Å²) in [7, 11) is 1.74. The molecular weight excluding hydrogens is 260 g/mol. The topological polar surface area (TPSA) is 80.0 Å². The summed E-state index contributed by atoms with van der Waals surface area (Å²) in [6.07, 6.45) is 0. The number of carbonyl (C=O) groups excluding carboxylic acids is 1. The lowest BCUT2D eigenvalue weighted by atomic mass is 10.1. The number of anilines is 3. The van der Waals surface area contributed by atoms with E-state index in [2.05, 4.69) is 15.6 Å². The Bertz CT molecular complexity index is 621. The Morgan fingerprint density at radius 2 is 2.11 bits per heavy atom. The van der Waals surface area contributed by atoms with Crippen molar-refractivity contribution in [2.75, 3.05) is 23.4 Å². The highest BCUT2D eigenvalue weighted by molar-refractivity contribution is 7.18. The van der Waals surface area contributed by atoms with Gasteiger partial charge in [0.25, 0.3) is 5.91 Å². The first-order valence-electron chi connectivity index (χ1n) is 5.84. The molecular formula is C13H16N4OS. The number of carbonyl (C=O) groups is 1. The zero-order valence-corrected chi connectivity index (χ0v) is 11.9. The molecule has 1 amide bonds. The summed E-state index contributed by atoms with van der Waals surface area (Å²) in [5.41, 5.74) is 8.63. The lowest BCUT2D eigenvalue weighted by molar-refractivity contribution is 0.103. The molecule has 0 atom stereocenters. The monoisotopic (exact) mass is 276 g/mol. The first-order chi connectivity index (χ1) is 9.01. The van der Waals surface area contributed by atoms with Gasteiger partial charge in [-0.3, -0.25) is 4.79 Å². The number of nitrogens with two attached hydrogens (primary N) is 1. The van der Waals surface area contributed by atoms with E-state index >= 15 is 0 Å². The van der Waals surface area contributed by atoms with Crippen molar-refractivity contribution < 1.29 is 4.79 Å². The largest absolute Gasteiger partial charge is 0.382 e. The predicted molar refractivity (Wildman–Crippen MR) is 79.9 cm³/mol. The van der Waals surface area contributed by atoms with Crippen LogP contribution in [-0.2, 0) is 0 Å². The highest BCUT2D eigenvalue weighted by atomic mass is 32.1. The van der Waals surface area contributed by atoms with Crippen LogP contribution >= 0.6 is 11.3 Å². The molecule has 0 saturated heterocycles. The Morgan fingerprint density at radius 1 is 1.37 bits per heavy atom. The highest BCUT2D eigenvalue weighted by Crippen LogP contribution is 2.26. The molecule has 0 aliphatic rings. The Morgan fingerprint density at radius 3 is 2.74 bits per heavy atom. The van der Waals surface area contributed by atoms with Crippen molar-refractivity contribution in [3.63, 3.8) is 0 Å². The normalized spacial score (nSPS) is 10.3. The van der Waals surface area contributed by atoms with E-state index in [1.54, 1.807) is 7.05 Å². The van der Waals surface area contributed by atoms with Crippen molar-refractivity contribution in [3.8, 4) is 0 Å². The van der Waals surface area contributed by atoms with E-state index in [1.165, 1.54) is 11.3 Å². The number of aromatic nitrogens is 1. The van der Waals surface area contributed by atoms with Gasteiger partial charge in [-0.15, -0.1) is 0 Å². The number of hydrogen-bond acceptors (Lipinski definition) is 5. The van der Waals surface area contributed by atoms with Crippen molar-refractivity contribution in [1.82, 2.24) is 4.98 Å². The molecule has 0 aliphatic heterocycles. The number of hydrogen-bond donors (Lipinski definition) is 3. The second-order valence-corrected chi connectivity index (χ2v) is 5.25. The minimum Gasteiger partial charge on any atom is -0.382 e. The van der Waals surface area contributed by atoms with Gasteiger partial charge in [0, 0.05) is 12.7 Å². The van der Waals surface area contributed by atoms with E-state index < -0.39 is 0 Å². The molecule has 6 heteroatoms. The molecule has 0 radical (unpaired) electrons. The van der Waals surface area contributed by atoms with Gasteiger partial charge in [-0.25, -0.2) is 4.98 Å². The first-order valence-corrected chi connectivity index (χ1v) is 6.65. The van der Waals surface area contributed by atoms with Gasteiger partial charge < -0.3 is 16.4 Å². The maximum absolute atomic E-state index is 12.2. The van der Waals surface area contributed by atoms with Crippen LogP contribution in [0, 0.1) is 13.8 Å². The third-order valence-electron chi connectivity index (χ3n) is 2.71. The summed E-state index contributed by atoms with van der Waals surface area (Å²) < 4.78 is 0. The molecule has 100 valence electrons. The minimum atomic E-state index is -0.231. The summed E-state index contributed by atoms with van der Waals surface area (Å²) in [4.78, 5) is 16.7. The third kappa shape index (κ3) is 2.85. The summed E-state index contributed by atoms with van der Waals surface area (Å²) in [5, 5.41) is 6.37. The molecule has 19 heavy (non-hydrogen) atoms. The van der Waals surface area contributed by atoms with Gasteiger partial charge in [0.15, 0.2) is 5.13 Å². The third-order valence-corrected chi connectivity index (χ3v) is 3.80. The molecule has 0 spiro atoms.